The first-order valence-electron chi connectivity index (χ1n) is 8.21. The number of halogens is 2. The first kappa shape index (κ1) is 24.2. The van der Waals surface area contributed by atoms with Gasteiger partial charge in [-0.05, 0) is 24.3 Å². The summed E-state index contributed by atoms with van der Waals surface area (Å²) in [6.45, 7) is 0. The lowest BCUT2D eigenvalue weighted by molar-refractivity contribution is -0.182. The molecule has 1 aromatic heterocycles. The maximum absolute atomic E-state index is 11.5. The standard InChI is InChI=1S/C12H9ClN2O4S.C7H5ClO3/c1-20(18,19)12-14-6-8(11(16)17)10(15-12)7-4-2-3-5-9(7)13;8-6-3-1-2-5(4-6)7(9)11-10/h2-6H,1H3,(H,16,17);1-4,10H. The summed E-state index contributed by atoms with van der Waals surface area (Å²) in [7, 11) is -3.65. The topological polar surface area (TPSA) is 144 Å². The van der Waals surface area contributed by atoms with Crippen molar-refractivity contribution in [3.8, 4) is 11.3 Å². The van der Waals surface area contributed by atoms with Crippen molar-refractivity contribution in [1.82, 2.24) is 9.97 Å². The molecule has 12 heteroatoms. The Balaban J connectivity index is 0.000000262. The Bertz CT molecular complexity index is 1230. The van der Waals surface area contributed by atoms with Gasteiger partial charge in [-0.25, -0.2) is 28.0 Å². The normalized spacial score (nSPS) is 10.6. The Hall–Kier alpha value is -3.05. The number of sulfone groups is 1. The van der Waals surface area contributed by atoms with E-state index in [0.29, 0.717) is 10.6 Å². The molecule has 1 heterocycles. The monoisotopic (exact) mass is 484 g/mol. The van der Waals surface area contributed by atoms with Crippen LogP contribution in [0.2, 0.25) is 10.0 Å². The maximum atomic E-state index is 11.5. The van der Waals surface area contributed by atoms with E-state index in [9.17, 15) is 18.0 Å². The van der Waals surface area contributed by atoms with E-state index in [-0.39, 0.29) is 21.8 Å². The molecule has 0 aliphatic carbocycles. The molecular weight excluding hydrogens is 471 g/mol. The van der Waals surface area contributed by atoms with Crippen molar-refractivity contribution in [2.24, 2.45) is 0 Å². The molecule has 0 aliphatic heterocycles. The Labute approximate surface area is 186 Å². The summed E-state index contributed by atoms with van der Waals surface area (Å²) >= 11 is 11.6. The second kappa shape index (κ2) is 10.3. The average Bonchev–Trinajstić information content (AvgIpc) is 2.73. The number of hydrogen-bond donors (Lipinski definition) is 2. The van der Waals surface area contributed by atoms with Gasteiger partial charge in [-0.1, -0.05) is 47.5 Å². The van der Waals surface area contributed by atoms with Gasteiger partial charge in [-0.3, -0.25) is 4.89 Å². The Kier molecular flexibility index (Phi) is 8.06. The molecule has 3 rings (SSSR count). The van der Waals surface area contributed by atoms with Crippen molar-refractivity contribution < 1.29 is 33.3 Å². The SMILES string of the molecule is CS(=O)(=O)c1ncc(C(=O)O)c(-c2ccccc2Cl)n1.O=C(OO)c1cccc(Cl)c1. The third-order valence-electron chi connectivity index (χ3n) is 3.60. The molecule has 0 bridgehead atoms. The second-order valence-corrected chi connectivity index (χ2v) is 8.61. The lowest BCUT2D eigenvalue weighted by Crippen LogP contribution is -2.10. The minimum Gasteiger partial charge on any atom is -0.478 e. The lowest BCUT2D eigenvalue weighted by Gasteiger charge is -2.08. The molecule has 0 aliphatic rings. The number of benzene rings is 2. The fraction of sp³-hybridized carbons (Fsp3) is 0.0526. The molecule has 31 heavy (non-hydrogen) atoms. The van der Waals surface area contributed by atoms with E-state index in [4.69, 9.17) is 33.6 Å². The van der Waals surface area contributed by atoms with E-state index in [0.717, 1.165) is 12.5 Å². The molecule has 0 radical (unpaired) electrons. The van der Waals surface area contributed by atoms with Gasteiger partial charge in [0, 0.05) is 28.1 Å². The van der Waals surface area contributed by atoms with Crippen LogP contribution in [0.25, 0.3) is 11.3 Å². The van der Waals surface area contributed by atoms with Crippen molar-refractivity contribution in [1.29, 1.82) is 0 Å². The fourth-order valence-electron chi connectivity index (χ4n) is 2.23. The van der Waals surface area contributed by atoms with Gasteiger partial charge in [-0.2, -0.15) is 5.26 Å². The van der Waals surface area contributed by atoms with E-state index in [1.807, 2.05) is 0 Å². The van der Waals surface area contributed by atoms with E-state index in [1.165, 1.54) is 12.1 Å². The van der Waals surface area contributed by atoms with Crippen LogP contribution < -0.4 is 0 Å². The summed E-state index contributed by atoms with van der Waals surface area (Å²) in [4.78, 5) is 32.7. The quantitative estimate of drug-likeness (QED) is 0.320. The van der Waals surface area contributed by atoms with Gasteiger partial charge in [0.25, 0.3) is 0 Å². The number of rotatable bonds is 4. The highest BCUT2D eigenvalue weighted by molar-refractivity contribution is 7.90. The minimum absolute atomic E-state index is 0.0291. The molecule has 3 aromatic rings. The second-order valence-electron chi connectivity index (χ2n) is 5.86. The van der Waals surface area contributed by atoms with Crippen LogP contribution in [0.5, 0.6) is 0 Å². The molecule has 9 nitrogen and oxygen atoms in total. The molecule has 162 valence electrons. The van der Waals surface area contributed by atoms with Crippen molar-refractivity contribution in [3.05, 3.63) is 75.9 Å². The fourth-order valence-corrected chi connectivity index (χ4v) is 3.14. The highest BCUT2D eigenvalue weighted by Gasteiger charge is 2.20. The lowest BCUT2D eigenvalue weighted by atomic mass is 10.1. The maximum Gasteiger partial charge on any atom is 0.372 e. The number of nitrogens with zero attached hydrogens (tertiary/aromatic N) is 2. The van der Waals surface area contributed by atoms with E-state index < -0.39 is 26.9 Å². The third-order valence-corrected chi connectivity index (χ3v) is 5.03. The summed E-state index contributed by atoms with van der Waals surface area (Å²) in [5, 5.41) is 17.4. The van der Waals surface area contributed by atoms with E-state index >= 15 is 0 Å². The smallest absolute Gasteiger partial charge is 0.372 e. The van der Waals surface area contributed by atoms with Crippen molar-refractivity contribution in [3.63, 3.8) is 0 Å². The predicted molar refractivity (Wildman–Crippen MR) is 112 cm³/mol. The van der Waals surface area contributed by atoms with Crippen LogP contribution >= 0.6 is 23.2 Å². The molecule has 0 fully saturated rings. The third kappa shape index (κ3) is 6.46. The molecule has 0 spiro atoms. The average molecular weight is 485 g/mol. The zero-order valence-electron chi connectivity index (χ0n) is 15.7. The van der Waals surface area contributed by atoms with Crippen LogP contribution in [0.15, 0.2) is 59.9 Å². The molecule has 0 saturated heterocycles. The van der Waals surface area contributed by atoms with Crippen molar-refractivity contribution in [2.75, 3.05) is 6.26 Å². The van der Waals surface area contributed by atoms with Gasteiger partial charge in [0.15, 0.2) is 0 Å². The molecular formula is C19H14Cl2N2O7S. The highest BCUT2D eigenvalue weighted by atomic mass is 35.5. The van der Waals surface area contributed by atoms with Crippen LogP contribution in [0.4, 0.5) is 0 Å². The van der Waals surface area contributed by atoms with Gasteiger partial charge in [0.2, 0.25) is 15.0 Å². The number of aromatic nitrogens is 2. The zero-order valence-corrected chi connectivity index (χ0v) is 18.0. The van der Waals surface area contributed by atoms with Crippen LogP contribution in [0.1, 0.15) is 20.7 Å². The molecule has 0 saturated carbocycles. The minimum atomic E-state index is -3.65. The number of carboxylic acids is 1. The molecule has 0 unspecified atom stereocenters. The Morgan fingerprint density at radius 2 is 1.74 bits per heavy atom. The summed E-state index contributed by atoms with van der Waals surface area (Å²) in [6, 6.07) is 12.5. The number of hydrogen-bond acceptors (Lipinski definition) is 8. The number of carbonyl (C=O) groups is 2. The molecule has 0 atom stereocenters. The number of carboxylic acid groups (broad SMARTS) is 1. The molecule has 2 aromatic carbocycles. The molecule has 2 N–H and O–H groups in total. The van der Waals surface area contributed by atoms with Gasteiger partial charge in [0.1, 0.15) is 5.56 Å². The van der Waals surface area contributed by atoms with Crippen LogP contribution in [-0.2, 0) is 14.7 Å². The van der Waals surface area contributed by atoms with Gasteiger partial charge >= 0.3 is 11.9 Å². The van der Waals surface area contributed by atoms with Crippen molar-refractivity contribution >= 4 is 45.0 Å². The first-order chi connectivity index (χ1) is 14.5. The van der Waals surface area contributed by atoms with Gasteiger partial charge in [0.05, 0.1) is 11.3 Å². The van der Waals surface area contributed by atoms with E-state index in [2.05, 4.69) is 14.9 Å². The largest absolute Gasteiger partial charge is 0.478 e. The van der Waals surface area contributed by atoms with E-state index in [1.54, 1.807) is 36.4 Å². The Morgan fingerprint density at radius 1 is 1.06 bits per heavy atom. The van der Waals surface area contributed by atoms with Crippen LogP contribution in [0, 0.1) is 0 Å². The van der Waals surface area contributed by atoms with Crippen LogP contribution in [-0.4, -0.2) is 46.9 Å². The summed E-state index contributed by atoms with van der Waals surface area (Å²) < 4.78 is 23.0. The summed E-state index contributed by atoms with van der Waals surface area (Å²) in [5.41, 5.74) is 0.308. The van der Waals surface area contributed by atoms with Gasteiger partial charge < -0.3 is 5.11 Å². The number of carbonyl (C=O) groups excluding carboxylic acids is 1. The highest BCUT2D eigenvalue weighted by Crippen LogP contribution is 2.29. The summed E-state index contributed by atoms with van der Waals surface area (Å²) in [5.74, 6) is -2.08. The summed E-state index contributed by atoms with van der Waals surface area (Å²) in [6.07, 6.45) is 1.91. The Morgan fingerprint density at radius 3 is 2.29 bits per heavy atom. The van der Waals surface area contributed by atoms with Crippen LogP contribution in [0.3, 0.4) is 0 Å². The van der Waals surface area contributed by atoms with Crippen molar-refractivity contribution in [2.45, 2.75) is 5.16 Å². The zero-order chi connectivity index (χ0) is 23.2. The predicted octanol–water partition coefficient (Wildman–Crippen LogP) is 3.87. The molecule has 0 amide bonds. The first-order valence-corrected chi connectivity index (χ1v) is 10.9. The number of aromatic carboxylic acids is 1. The van der Waals surface area contributed by atoms with Gasteiger partial charge in [-0.15, -0.1) is 0 Å².